The number of halogens is 3. The molecule has 0 fully saturated rings. The summed E-state index contributed by atoms with van der Waals surface area (Å²) in [7, 11) is 0. The van der Waals surface area contributed by atoms with Crippen molar-refractivity contribution in [1.29, 1.82) is 5.26 Å². The minimum absolute atomic E-state index is 0.0276. The molecule has 6 heteroatoms. The summed E-state index contributed by atoms with van der Waals surface area (Å²) in [6.45, 7) is 1.35. The highest BCUT2D eigenvalue weighted by Gasteiger charge is 2.21. The summed E-state index contributed by atoms with van der Waals surface area (Å²) in [5.74, 6) is -0.471. The second-order valence-electron chi connectivity index (χ2n) is 4.38. The highest BCUT2D eigenvalue weighted by molar-refractivity contribution is 9.10. The smallest absolute Gasteiger partial charge is 0.163 e. The van der Waals surface area contributed by atoms with Crippen LogP contribution in [0.15, 0.2) is 22.7 Å². The standard InChI is InChI=1S/C14H8BrClFN3/c15-10-2-1-8-11(7-3-4-19-6-7)9(5-18)14(16)20-13(8)12(10)17/h1-3,19H,4,6H2. The zero-order chi connectivity index (χ0) is 14.3. The molecular weight excluding hydrogens is 345 g/mol. The lowest BCUT2D eigenvalue weighted by molar-refractivity contribution is 0.630. The van der Waals surface area contributed by atoms with Crippen molar-refractivity contribution < 1.29 is 4.39 Å². The van der Waals surface area contributed by atoms with E-state index in [-0.39, 0.29) is 16.2 Å². The van der Waals surface area contributed by atoms with Crippen molar-refractivity contribution in [2.45, 2.75) is 0 Å². The van der Waals surface area contributed by atoms with Crippen molar-refractivity contribution in [3.8, 4) is 6.07 Å². The Morgan fingerprint density at radius 3 is 2.90 bits per heavy atom. The summed E-state index contributed by atoms with van der Waals surface area (Å²) in [6.07, 6.45) is 1.98. The predicted molar refractivity (Wildman–Crippen MR) is 80.0 cm³/mol. The molecule has 1 aromatic carbocycles. The van der Waals surface area contributed by atoms with Crippen molar-refractivity contribution in [3.05, 3.63) is 44.8 Å². The fraction of sp³-hybridized carbons (Fsp3) is 0.143. The summed E-state index contributed by atoms with van der Waals surface area (Å²) in [5, 5.41) is 13.1. The number of nitriles is 1. The summed E-state index contributed by atoms with van der Waals surface area (Å²) < 4.78 is 14.5. The van der Waals surface area contributed by atoms with Crippen LogP contribution in [0.4, 0.5) is 4.39 Å². The molecule has 0 atom stereocenters. The van der Waals surface area contributed by atoms with Gasteiger partial charge in [-0.25, -0.2) is 9.37 Å². The molecule has 1 aromatic heterocycles. The van der Waals surface area contributed by atoms with E-state index < -0.39 is 5.82 Å². The number of benzene rings is 1. The zero-order valence-electron chi connectivity index (χ0n) is 10.2. The van der Waals surface area contributed by atoms with Gasteiger partial charge < -0.3 is 5.32 Å². The van der Waals surface area contributed by atoms with Gasteiger partial charge in [-0.1, -0.05) is 23.7 Å². The molecule has 0 amide bonds. The molecule has 2 heterocycles. The highest BCUT2D eigenvalue weighted by atomic mass is 79.9. The van der Waals surface area contributed by atoms with E-state index >= 15 is 0 Å². The largest absolute Gasteiger partial charge is 0.309 e. The van der Waals surface area contributed by atoms with Gasteiger partial charge in [0.25, 0.3) is 0 Å². The number of hydrogen-bond acceptors (Lipinski definition) is 3. The summed E-state index contributed by atoms with van der Waals surface area (Å²) in [5.41, 5.74) is 2.07. The molecule has 1 N–H and O–H groups in total. The van der Waals surface area contributed by atoms with Crippen molar-refractivity contribution in [1.82, 2.24) is 10.3 Å². The minimum Gasteiger partial charge on any atom is -0.309 e. The normalized spacial score (nSPS) is 14.4. The van der Waals surface area contributed by atoms with E-state index in [1.165, 1.54) is 0 Å². The van der Waals surface area contributed by atoms with Crippen LogP contribution in [-0.4, -0.2) is 18.1 Å². The van der Waals surface area contributed by atoms with Crippen LogP contribution >= 0.6 is 27.5 Å². The lowest BCUT2D eigenvalue weighted by Crippen LogP contribution is -2.08. The lowest BCUT2D eigenvalue weighted by Gasteiger charge is -2.12. The van der Waals surface area contributed by atoms with Crippen LogP contribution in [0.3, 0.4) is 0 Å². The van der Waals surface area contributed by atoms with E-state index in [1.807, 2.05) is 6.08 Å². The molecule has 100 valence electrons. The fourth-order valence-corrected chi connectivity index (χ4v) is 2.88. The third-order valence-electron chi connectivity index (χ3n) is 3.25. The molecule has 3 nitrogen and oxygen atoms in total. The van der Waals surface area contributed by atoms with E-state index in [9.17, 15) is 9.65 Å². The number of rotatable bonds is 1. The SMILES string of the molecule is N#Cc1c(Cl)nc2c(F)c(Br)ccc2c1C1=CCNC1. The Labute approximate surface area is 128 Å². The first-order chi connectivity index (χ1) is 9.63. The Kier molecular flexibility index (Phi) is 3.47. The van der Waals surface area contributed by atoms with Crippen LogP contribution < -0.4 is 5.32 Å². The summed E-state index contributed by atoms with van der Waals surface area (Å²) in [4.78, 5) is 4.03. The Hall–Kier alpha value is -1.48. The van der Waals surface area contributed by atoms with Gasteiger partial charge in [-0.2, -0.15) is 5.26 Å². The topological polar surface area (TPSA) is 48.7 Å². The average Bonchev–Trinajstić information content (AvgIpc) is 2.96. The van der Waals surface area contributed by atoms with Crippen LogP contribution in [0.2, 0.25) is 5.15 Å². The van der Waals surface area contributed by atoms with Crippen molar-refractivity contribution in [2.24, 2.45) is 0 Å². The van der Waals surface area contributed by atoms with Gasteiger partial charge in [0.1, 0.15) is 16.7 Å². The number of nitrogens with one attached hydrogen (secondary N) is 1. The fourth-order valence-electron chi connectivity index (χ4n) is 2.34. The molecular formula is C14H8BrClFN3. The van der Waals surface area contributed by atoms with Gasteiger partial charge in [-0.15, -0.1) is 0 Å². The number of pyridine rings is 1. The van der Waals surface area contributed by atoms with E-state index in [0.717, 1.165) is 12.1 Å². The first-order valence-electron chi connectivity index (χ1n) is 5.91. The van der Waals surface area contributed by atoms with E-state index in [2.05, 4.69) is 32.3 Å². The molecule has 0 radical (unpaired) electrons. The number of aromatic nitrogens is 1. The molecule has 20 heavy (non-hydrogen) atoms. The summed E-state index contributed by atoms with van der Waals surface area (Å²) in [6, 6.07) is 5.43. The molecule has 0 saturated carbocycles. The molecule has 1 aliphatic heterocycles. The maximum atomic E-state index is 14.2. The van der Waals surface area contributed by atoms with Gasteiger partial charge in [0.15, 0.2) is 5.82 Å². The number of hydrogen-bond donors (Lipinski definition) is 1. The predicted octanol–water partition coefficient (Wildman–Crippen LogP) is 3.65. The van der Waals surface area contributed by atoms with Crippen molar-refractivity contribution in [2.75, 3.05) is 13.1 Å². The molecule has 0 aliphatic carbocycles. The second kappa shape index (κ2) is 5.13. The zero-order valence-corrected chi connectivity index (χ0v) is 12.5. The van der Waals surface area contributed by atoms with Gasteiger partial charge in [0.2, 0.25) is 0 Å². The van der Waals surface area contributed by atoms with Crippen molar-refractivity contribution in [3.63, 3.8) is 0 Å². The van der Waals surface area contributed by atoms with Crippen LogP contribution in [0.1, 0.15) is 11.1 Å². The Morgan fingerprint density at radius 2 is 2.25 bits per heavy atom. The Balaban J connectivity index is 2.46. The number of fused-ring (bicyclic) bond motifs is 1. The van der Waals surface area contributed by atoms with Crippen molar-refractivity contribution >= 4 is 44.0 Å². The van der Waals surface area contributed by atoms with Gasteiger partial charge >= 0.3 is 0 Å². The molecule has 0 bridgehead atoms. The van der Waals surface area contributed by atoms with Crippen LogP contribution in [0.5, 0.6) is 0 Å². The third kappa shape index (κ3) is 2.01. The van der Waals surface area contributed by atoms with Crippen LogP contribution in [-0.2, 0) is 0 Å². The summed E-state index contributed by atoms with van der Waals surface area (Å²) >= 11 is 9.18. The molecule has 0 saturated heterocycles. The van der Waals surface area contributed by atoms with Crippen LogP contribution in [0, 0.1) is 17.1 Å². The molecule has 1 aliphatic rings. The lowest BCUT2D eigenvalue weighted by atomic mass is 9.97. The van der Waals surface area contributed by atoms with Gasteiger partial charge in [-0.05, 0) is 27.6 Å². The Bertz CT molecular complexity index is 795. The molecule has 3 rings (SSSR count). The molecule has 0 spiro atoms. The Morgan fingerprint density at radius 1 is 1.45 bits per heavy atom. The second-order valence-corrected chi connectivity index (χ2v) is 5.59. The van der Waals surface area contributed by atoms with E-state index in [1.54, 1.807) is 12.1 Å². The van der Waals surface area contributed by atoms with E-state index in [4.69, 9.17) is 11.6 Å². The van der Waals surface area contributed by atoms with Gasteiger partial charge in [0, 0.05) is 24.0 Å². The maximum Gasteiger partial charge on any atom is 0.163 e. The van der Waals surface area contributed by atoms with Gasteiger partial charge in [-0.3, -0.25) is 0 Å². The first-order valence-corrected chi connectivity index (χ1v) is 7.08. The number of nitrogens with zero attached hydrogens (tertiary/aromatic N) is 2. The first kappa shape index (κ1) is 13.5. The van der Waals surface area contributed by atoms with Gasteiger partial charge in [0.05, 0.1) is 10.0 Å². The molecule has 0 unspecified atom stereocenters. The maximum absolute atomic E-state index is 14.2. The average molecular weight is 353 g/mol. The monoisotopic (exact) mass is 351 g/mol. The minimum atomic E-state index is -0.471. The molecule has 2 aromatic rings. The highest BCUT2D eigenvalue weighted by Crippen LogP contribution is 2.35. The third-order valence-corrected chi connectivity index (χ3v) is 4.13. The van der Waals surface area contributed by atoms with E-state index in [0.29, 0.717) is 22.0 Å². The quantitative estimate of drug-likeness (QED) is 0.797. The van der Waals surface area contributed by atoms with Crippen LogP contribution in [0.25, 0.3) is 16.5 Å².